The average Bonchev–Trinajstić information content (AvgIpc) is 2.84. The second-order valence-electron chi connectivity index (χ2n) is 4.86. The van der Waals surface area contributed by atoms with Crippen LogP contribution in [0.3, 0.4) is 0 Å². The zero-order chi connectivity index (χ0) is 14.7. The number of aliphatic hydroxyl groups excluding tert-OH is 1. The Morgan fingerprint density at radius 3 is 2.80 bits per heavy atom. The van der Waals surface area contributed by atoms with Gasteiger partial charge in [-0.2, -0.15) is 0 Å². The van der Waals surface area contributed by atoms with Crippen molar-refractivity contribution in [2.24, 2.45) is 0 Å². The summed E-state index contributed by atoms with van der Waals surface area (Å²) in [4.78, 5) is 24.1. The lowest BCUT2D eigenvalue weighted by molar-refractivity contribution is -0.385. The van der Waals surface area contributed by atoms with Crippen molar-refractivity contribution in [2.75, 3.05) is 20.1 Å². The summed E-state index contributed by atoms with van der Waals surface area (Å²) in [7, 11) is 1.61. The fraction of sp³-hybridized carbons (Fsp3) is 0.462. The lowest BCUT2D eigenvalue weighted by Crippen LogP contribution is -2.44. The third kappa shape index (κ3) is 2.94. The molecule has 0 radical (unpaired) electrons. The monoisotopic (exact) mass is 279 g/mol. The van der Waals surface area contributed by atoms with Gasteiger partial charge in [-0.1, -0.05) is 18.2 Å². The molecule has 0 aliphatic carbocycles. The van der Waals surface area contributed by atoms with E-state index in [-0.39, 0.29) is 24.1 Å². The molecule has 1 heterocycles. The molecule has 108 valence electrons. The molecule has 1 saturated heterocycles. The largest absolute Gasteiger partial charge is 0.390 e. The third-order valence-electron chi connectivity index (χ3n) is 3.57. The number of hydrogen-bond donors (Lipinski definition) is 2. The molecule has 0 bridgehead atoms. The quantitative estimate of drug-likeness (QED) is 0.594. The molecule has 1 aromatic rings. The molecule has 1 amide bonds. The van der Waals surface area contributed by atoms with Crippen molar-refractivity contribution in [1.29, 1.82) is 0 Å². The van der Waals surface area contributed by atoms with Gasteiger partial charge in [0, 0.05) is 31.8 Å². The van der Waals surface area contributed by atoms with Crippen LogP contribution >= 0.6 is 0 Å². The molecule has 2 rings (SSSR count). The van der Waals surface area contributed by atoms with Gasteiger partial charge in [-0.05, 0) is 0 Å². The number of likely N-dealkylation sites (N-methyl/N-ethyl adjacent to an activating group) is 1. The Balaban J connectivity index is 2.10. The van der Waals surface area contributed by atoms with Gasteiger partial charge < -0.3 is 15.3 Å². The maximum atomic E-state index is 12.2. The minimum absolute atomic E-state index is 0.0448. The Morgan fingerprint density at radius 1 is 1.50 bits per heavy atom. The Hall–Kier alpha value is -1.99. The van der Waals surface area contributed by atoms with Gasteiger partial charge in [0.2, 0.25) is 5.91 Å². The van der Waals surface area contributed by atoms with Gasteiger partial charge in [-0.3, -0.25) is 14.9 Å². The van der Waals surface area contributed by atoms with E-state index >= 15 is 0 Å². The number of amides is 1. The van der Waals surface area contributed by atoms with Crippen LogP contribution in [0.5, 0.6) is 0 Å². The van der Waals surface area contributed by atoms with Crippen molar-refractivity contribution in [1.82, 2.24) is 10.2 Å². The summed E-state index contributed by atoms with van der Waals surface area (Å²) in [6, 6.07) is 5.91. The molecule has 1 aromatic carbocycles. The number of benzene rings is 1. The molecule has 1 fully saturated rings. The number of nitrogens with zero attached hydrogens (tertiary/aromatic N) is 2. The van der Waals surface area contributed by atoms with Gasteiger partial charge in [0.05, 0.1) is 23.5 Å². The number of rotatable bonds is 4. The Labute approximate surface area is 116 Å². The van der Waals surface area contributed by atoms with Gasteiger partial charge in [0.1, 0.15) is 0 Å². The lowest BCUT2D eigenvalue weighted by atomic mass is 10.1. The molecule has 1 aliphatic rings. The topological polar surface area (TPSA) is 95.7 Å². The van der Waals surface area contributed by atoms with Crippen molar-refractivity contribution < 1.29 is 14.8 Å². The van der Waals surface area contributed by atoms with Crippen molar-refractivity contribution in [2.45, 2.75) is 18.6 Å². The van der Waals surface area contributed by atoms with Gasteiger partial charge in [-0.15, -0.1) is 0 Å². The van der Waals surface area contributed by atoms with Gasteiger partial charge in [0.15, 0.2) is 0 Å². The number of para-hydroxylation sites is 1. The first-order valence-electron chi connectivity index (χ1n) is 6.37. The fourth-order valence-corrected chi connectivity index (χ4v) is 2.36. The van der Waals surface area contributed by atoms with E-state index in [9.17, 15) is 20.0 Å². The zero-order valence-corrected chi connectivity index (χ0v) is 11.2. The first kappa shape index (κ1) is 14.4. The van der Waals surface area contributed by atoms with E-state index < -0.39 is 11.0 Å². The normalized spacial score (nSPS) is 21.7. The van der Waals surface area contributed by atoms with Gasteiger partial charge >= 0.3 is 0 Å². The van der Waals surface area contributed by atoms with E-state index in [2.05, 4.69) is 5.32 Å². The van der Waals surface area contributed by atoms with E-state index in [1.807, 2.05) is 0 Å². The molecule has 0 saturated carbocycles. The van der Waals surface area contributed by atoms with Crippen LogP contribution in [-0.2, 0) is 11.2 Å². The highest BCUT2D eigenvalue weighted by Crippen LogP contribution is 2.19. The minimum atomic E-state index is -0.602. The molecule has 20 heavy (non-hydrogen) atoms. The molecule has 0 spiro atoms. The summed E-state index contributed by atoms with van der Waals surface area (Å²) < 4.78 is 0. The van der Waals surface area contributed by atoms with Crippen LogP contribution in [0, 0.1) is 10.1 Å². The summed E-state index contributed by atoms with van der Waals surface area (Å²) in [5.74, 6) is -0.243. The standard InChI is InChI=1S/C13H17N3O4/c1-15(11-7-14-8-12(11)17)13(18)6-9-4-2-3-5-10(9)16(19)20/h2-5,11-12,14,17H,6-8H2,1H3/t11-,12-/m1/s1. The second-order valence-corrected chi connectivity index (χ2v) is 4.86. The highest BCUT2D eigenvalue weighted by molar-refractivity contribution is 5.80. The molecule has 1 aliphatic heterocycles. The van der Waals surface area contributed by atoms with E-state index in [1.165, 1.54) is 11.0 Å². The van der Waals surface area contributed by atoms with Crippen LogP contribution in [0.25, 0.3) is 0 Å². The summed E-state index contributed by atoms with van der Waals surface area (Å²) in [5.41, 5.74) is 0.328. The van der Waals surface area contributed by atoms with Crippen LogP contribution in [0.2, 0.25) is 0 Å². The summed E-state index contributed by atoms with van der Waals surface area (Å²) >= 11 is 0. The number of carbonyl (C=O) groups excluding carboxylic acids is 1. The second kappa shape index (κ2) is 5.98. The van der Waals surface area contributed by atoms with Crippen LogP contribution < -0.4 is 5.32 Å². The number of hydrogen-bond acceptors (Lipinski definition) is 5. The number of nitrogens with one attached hydrogen (secondary N) is 1. The lowest BCUT2D eigenvalue weighted by Gasteiger charge is -2.26. The van der Waals surface area contributed by atoms with Crippen LogP contribution in [0.15, 0.2) is 24.3 Å². The molecule has 7 heteroatoms. The molecule has 0 unspecified atom stereocenters. The van der Waals surface area contributed by atoms with Crippen molar-refractivity contribution in [3.8, 4) is 0 Å². The summed E-state index contributed by atoms with van der Waals surface area (Å²) in [6.45, 7) is 0.980. The zero-order valence-electron chi connectivity index (χ0n) is 11.2. The SMILES string of the molecule is CN(C(=O)Cc1ccccc1[N+](=O)[O-])[C@@H]1CNC[C@H]1O. The Kier molecular flexibility index (Phi) is 4.31. The smallest absolute Gasteiger partial charge is 0.273 e. The summed E-state index contributed by atoms with van der Waals surface area (Å²) in [6.07, 6.45) is -0.647. The maximum absolute atomic E-state index is 12.2. The number of aliphatic hydroxyl groups is 1. The number of carbonyl (C=O) groups is 1. The summed E-state index contributed by atoms with van der Waals surface area (Å²) in [5, 5.41) is 23.7. The molecule has 7 nitrogen and oxygen atoms in total. The average molecular weight is 279 g/mol. The number of nitro benzene ring substituents is 1. The highest BCUT2D eigenvalue weighted by atomic mass is 16.6. The van der Waals surface area contributed by atoms with Crippen molar-refractivity contribution in [3.05, 3.63) is 39.9 Å². The fourth-order valence-electron chi connectivity index (χ4n) is 2.36. The molecular weight excluding hydrogens is 262 g/mol. The molecular formula is C13H17N3O4. The third-order valence-corrected chi connectivity index (χ3v) is 3.57. The van der Waals surface area contributed by atoms with E-state index in [4.69, 9.17) is 0 Å². The van der Waals surface area contributed by atoms with Crippen LogP contribution in [0.1, 0.15) is 5.56 Å². The highest BCUT2D eigenvalue weighted by Gasteiger charge is 2.31. The first-order chi connectivity index (χ1) is 9.50. The van der Waals surface area contributed by atoms with Crippen LogP contribution in [-0.4, -0.2) is 53.1 Å². The number of nitro groups is 1. The first-order valence-corrected chi connectivity index (χ1v) is 6.37. The van der Waals surface area contributed by atoms with Gasteiger partial charge in [0.25, 0.3) is 5.69 Å². The predicted octanol–water partition coefficient (Wildman–Crippen LogP) is -0.0716. The van der Waals surface area contributed by atoms with Crippen molar-refractivity contribution in [3.63, 3.8) is 0 Å². The Morgan fingerprint density at radius 2 is 2.20 bits per heavy atom. The van der Waals surface area contributed by atoms with Crippen LogP contribution in [0.4, 0.5) is 5.69 Å². The molecule has 2 atom stereocenters. The van der Waals surface area contributed by atoms with E-state index in [0.717, 1.165) is 0 Å². The van der Waals surface area contributed by atoms with E-state index in [1.54, 1.807) is 25.2 Å². The van der Waals surface area contributed by atoms with Gasteiger partial charge in [-0.25, -0.2) is 0 Å². The molecule has 2 N–H and O–H groups in total. The molecule has 0 aromatic heterocycles. The minimum Gasteiger partial charge on any atom is -0.390 e. The maximum Gasteiger partial charge on any atom is 0.273 e. The number of β-amino-alcohol motifs (C(OH)–C–C–N with tert-alkyl or cyclic N) is 1. The van der Waals surface area contributed by atoms with Crippen molar-refractivity contribution >= 4 is 11.6 Å². The Bertz CT molecular complexity index is 520. The predicted molar refractivity (Wildman–Crippen MR) is 72.2 cm³/mol. The van der Waals surface area contributed by atoms with E-state index in [0.29, 0.717) is 18.7 Å².